The Morgan fingerprint density at radius 1 is 1.30 bits per heavy atom. The van der Waals surface area contributed by atoms with Crippen molar-refractivity contribution in [3.8, 4) is 0 Å². The van der Waals surface area contributed by atoms with Crippen LogP contribution in [-0.2, 0) is 0 Å². The molecule has 1 aromatic heterocycles. The van der Waals surface area contributed by atoms with Crippen LogP contribution in [0.3, 0.4) is 0 Å². The Labute approximate surface area is 126 Å². The number of anilines is 1. The smallest absolute Gasteiger partial charge is 0.138 e. The van der Waals surface area contributed by atoms with Crippen molar-refractivity contribution >= 4 is 17.4 Å². The Kier molecular flexibility index (Phi) is 4.86. The highest BCUT2D eigenvalue weighted by atomic mass is 35.5. The maximum absolute atomic E-state index is 6.22. The number of nitrogens with zero attached hydrogens (tertiary/aromatic N) is 3. The lowest BCUT2D eigenvalue weighted by Crippen LogP contribution is -2.47. The maximum atomic E-state index is 6.22. The van der Waals surface area contributed by atoms with Crippen LogP contribution >= 0.6 is 11.6 Å². The van der Waals surface area contributed by atoms with Crippen molar-refractivity contribution in [1.82, 2.24) is 14.9 Å². The Balaban J connectivity index is 2.16. The number of hydrogen-bond acceptors (Lipinski definition) is 4. The summed E-state index contributed by atoms with van der Waals surface area (Å²) >= 11 is 6.22. The van der Waals surface area contributed by atoms with Crippen LogP contribution in [0.25, 0.3) is 0 Å². The van der Waals surface area contributed by atoms with Gasteiger partial charge in [-0.3, -0.25) is 0 Å². The highest BCUT2D eigenvalue weighted by Gasteiger charge is 2.36. The summed E-state index contributed by atoms with van der Waals surface area (Å²) in [6.07, 6.45) is 6.63. The molecule has 1 aromatic rings. The number of hydrogen-bond donors (Lipinski definition) is 1. The van der Waals surface area contributed by atoms with E-state index in [9.17, 15) is 0 Å². The van der Waals surface area contributed by atoms with Crippen LogP contribution in [0, 0.1) is 0 Å². The van der Waals surface area contributed by atoms with Gasteiger partial charge >= 0.3 is 0 Å². The Hall–Kier alpha value is -0.870. The van der Waals surface area contributed by atoms with Gasteiger partial charge in [0, 0.05) is 17.6 Å². The van der Waals surface area contributed by atoms with Crippen molar-refractivity contribution in [3.05, 3.63) is 17.0 Å². The molecule has 1 heterocycles. The second-order valence-corrected chi connectivity index (χ2v) is 6.62. The van der Waals surface area contributed by atoms with Crippen LogP contribution in [0.5, 0.6) is 0 Å². The minimum absolute atomic E-state index is 0.242. The van der Waals surface area contributed by atoms with E-state index in [-0.39, 0.29) is 5.54 Å². The summed E-state index contributed by atoms with van der Waals surface area (Å²) in [5.41, 5.74) is 1.26. The molecule has 0 unspecified atom stereocenters. The maximum Gasteiger partial charge on any atom is 0.138 e. The summed E-state index contributed by atoms with van der Waals surface area (Å²) in [5.74, 6) is 1.19. The number of rotatable bonds is 5. The molecule has 1 fully saturated rings. The Bertz CT molecular complexity index is 453. The number of likely N-dealkylation sites (N-methyl/N-ethyl adjacent to an activating group) is 1. The van der Waals surface area contributed by atoms with Gasteiger partial charge in [-0.05, 0) is 32.9 Å². The lowest BCUT2D eigenvalue weighted by molar-refractivity contribution is 0.172. The lowest BCUT2D eigenvalue weighted by atomic mass is 9.95. The SMILES string of the molecule is CC(C)c1c(Cl)ncnc1NCC1(N(C)C)CCCC1. The van der Waals surface area contributed by atoms with Gasteiger partial charge in [0.1, 0.15) is 17.3 Å². The van der Waals surface area contributed by atoms with Crippen LogP contribution in [0.4, 0.5) is 5.82 Å². The molecule has 0 amide bonds. The highest BCUT2D eigenvalue weighted by Crippen LogP contribution is 2.35. The van der Waals surface area contributed by atoms with Crippen molar-refractivity contribution in [1.29, 1.82) is 0 Å². The molecule has 0 saturated heterocycles. The fourth-order valence-electron chi connectivity index (χ4n) is 3.09. The third-order valence-corrected chi connectivity index (χ3v) is 4.78. The molecule has 1 aliphatic rings. The van der Waals surface area contributed by atoms with Crippen LogP contribution in [-0.4, -0.2) is 41.0 Å². The minimum atomic E-state index is 0.242. The van der Waals surface area contributed by atoms with Crippen molar-refractivity contribution < 1.29 is 0 Å². The monoisotopic (exact) mass is 296 g/mol. The summed E-state index contributed by atoms with van der Waals surface area (Å²) in [6.45, 7) is 5.15. The zero-order valence-corrected chi connectivity index (χ0v) is 13.7. The summed E-state index contributed by atoms with van der Waals surface area (Å²) < 4.78 is 0. The fourth-order valence-corrected chi connectivity index (χ4v) is 3.44. The number of aromatic nitrogens is 2. The molecule has 1 N–H and O–H groups in total. The van der Waals surface area contributed by atoms with Crippen molar-refractivity contribution in [2.45, 2.75) is 51.0 Å². The molecular weight excluding hydrogens is 272 g/mol. The van der Waals surface area contributed by atoms with E-state index in [1.807, 2.05) is 0 Å². The van der Waals surface area contributed by atoms with Gasteiger partial charge in [0.2, 0.25) is 0 Å². The first-order valence-electron chi connectivity index (χ1n) is 7.38. The predicted octanol–water partition coefficient (Wildman–Crippen LogP) is 3.54. The average Bonchev–Trinajstić information content (AvgIpc) is 2.86. The summed E-state index contributed by atoms with van der Waals surface area (Å²) in [4.78, 5) is 10.8. The molecule has 0 aliphatic heterocycles. The third-order valence-electron chi connectivity index (χ3n) is 4.48. The topological polar surface area (TPSA) is 41.1 Å². The molecular formula is C15H25ClN4. The molecule has 20 heavy (non-hydrogen) atoms. The van der Waals surface area contributed by atoms with Crippen LogP contribution in [0.1, 0.15) is 51.0 Å². The van der Waals surface area contributed by atoms with Gasteiger partial charge in [0.25, 0.3) is 0 Å². The van der Waals surface area contributed by atoms with E-state index in [4.69, 9.17) is 11.6 Å². The van der Waals surface area contributed by atoms with E-state index < -0.39 is 0 Å². The third kappa shape index (κ3) is 3.07. The zero-order chi connectivity index (χ0) is 14.8. The fraction of sp³-hybridized carbons (Fsp3) is 0.733. The molecule has 1 aliphatic carbocycles. The van der Waals surface area contributed by atoms with E-state index in [1.165, 1.54) is 32.0 Å². The molecule has 0 bridgehead atoms. The number of halogens is 1. The van der Waals surface area contributed by atoms with Crippen LogP contribution < -0.4 is 5.32 Å². The summed E-state index contributed by atoms with van der Waals surface area (Å²) in [6, 6.07) is 0. The first kappa shape index (κ1) is 15.5. The Morgan fingerprint density at radius 3 is 2.50 bits per heavy atom. The molecule has 1 saturated carbocycles. The largest absolute Gasteiger partial charge is 0.368 e. The normalized spacial score (nSPS) is 17.9. The minimum Gasteiger partial charge on any atom is -0.368 e. The molecule has 112 valence electrons. The van der Waals surface area contributed by atoms with Crippen molar-refractivity contribution in [2.75, 3.05) is 26.0 Å². The average molecular weight is 297 g/mol. The molecule has 0 radical (unpaired) electrons. The van der Waals surface area contributed by atoms with Crippen LogP contribution in [0.2, 0.25) is 5.15 Å². The zero-order valence-electron chi connectivity index (χ0n) is 12.9. The first-order valence-corrected chi connectivity index (χ1v) is 7.76. The molecule has 0 aromatic carbocycles. The molecule has 5 heteroatoms. The van der Waals surface area contributed by atoms with Gasteiger partial charge < -0.3 is 10.2 Å². The summed E-state index contributed by atoms with van der Waals surface area (Å²) in [7, 11) is 4.34. The number of nitrogens with one attached hydrogen (secondary N) is 1. The van der Waals surface area contributed by atoms with E-state index in [1.54, 1.807) is 0 Å². The first-order chi connectivity index (χ1) is 9.46. The lowest BCUT2D eigenvalue weighted by Gasteiger charge is -2.37. The van der Waals surface area contributed by atoms with E-state index in [0.717, 1.165) is 17.9 Å². The van der Waals surface area contributed by atoms with Gasteiger partial charge in [-0.15, -0.1) is 0 Å². The second kappa shape index (κ2) is 6.27. The van der Waals surface area contributed by atoms with Gasteiger partial charge in [-0.1, -0.05) is 38.3 Å². The second-order valence-electron chi connectivity index (χ2n) is 6.26. The highest BCUT2D eigenvalue weighted by molar-refractivity contribution is 6.30. The van der Waals surface area contributed by atoms with E-state index >= 15 is 0 Å². The van der Waals surface area contributed by atoms with Crippen LogP contribution in [0.15, 0.2) is 6.33 Å². The van der Waals surface area contributed by atoms with Gasteiger partial charge in [-0.2, -0.15) is 0 Å². The van der Waals surface area contributed by atoms with E-state index in [2.05, 4.69) is 48.1 Å². The predicted molar refractivity (Wildman–Crippen MR) is 84.5 cm³/mol. The molecule has 4 nitrogen and oxygen atoms in total. The van der Waals surface area contributed by atoms with Gasteiger partial charge in [0.05, 0.1) is 0 Å². The quantitative estimate of drug-likeness (QED) is 0.844. The standard InChI is InChI=1S/C15H25ClN4/c1-11(2)12-13(16)18-10-19-14(12)17-9-15(20(3)4)7-5-6-8-15/h10-11H,5-9H2,1-4H3,(H,17,18,19). The van der Waals surface area contributed by atoms with E-state index in [0.29, 0.717) is 11.1 Å². The molecule has 0 atom stereocenters. The van der Waals surface area contributed by atoms with Crippen molar-refractivity contribution in [3.63, 3.8) is 0 Å². The Morgan fingerprint density at radius 2 is 1.95 bits per heavy atom. The van der Waals surface area contributed by atoms with Gasteiger partial charge in [-0.25, -0.2) is 9.97 Å². The molecule has 0 spiro atoms. The molecule has 2 rings (SSSR count). The summed E-state index contributed by atoms with van der Waals surface area (Å²) in [5, 5.41) is 4.08. The van der Waals surface area contributed by atoms with Crippen molar-refractivity contribution in [2.24, 2.45) is 0 Å². The van der Waals surface area contributed by atoms with Gasteiger partial charge in [0.15, 0.2) is 0 Å².